The third kappa shape index (κ3) is 3.80. The molecule has 0 radical (unpaired) electrons. The van der Waals surface area contributed by atoms with E-state index in [0.29, 0.717) is 24.5 Å². The van der Waals surface area contributed by atoms with Crippen molar-refractivity contribution in [3.63, 3.8) is 0 Å². The van der Waals surface area contributed by atoms with Crippen molar-refractivity contribution in [3.05, 3.63) is 57.4 Å². The minimum Gasteiger partial charge on any atom is -0.427 e. The van der Waals surface area contributed by atoms with Crippen molar-refractivity contribution in [1.82, 2.24) is 4.98 Å². The number of nitrogens with one attached hydrogen (secondary N) is 1. The fourth-order valence-corrected chi connectivity index (χ4v) is 2.93. The number of rotatable bonds is 4. The molecule has 1 aliphatic rings. The first-order chi connectivity index (χ1) is 12.5. The second kappa shape index (κ2) is 7.49. The molecule has 2 aromatic heterocycles. The molecule has 3 rings (SSSR count). The van der Waals surface area contributed by atoms with E-state index in [4.69, 9.17) is 14.9 Å². The Morgan fingerprint density at radius 1 is 1.23 bits per heavy atom. The molecule has 8 nitrogen and oxygen atoms in total. The van der Waals surface area contributed by atoms with Crippen LogP contribution in [0.2, 0.25) is 0 Å². The minimum absolute atomic E-state index is 0.0784. The first-order valence-corrected chi connectivity index (χ1v) is 8.24. The average molecular weight is 357 g/mol. The van der Waals surface area contributed by atoms with Crippen LogP contribution < -0.4 is 16.7 Å². The SMILES string of the molecule is Cc1cc(C2CCOCC2)oc(=O)c1C(=O)Nc1cncc(C(N)=O)c1. The predicted octanol–water partition coefficient (Wildman–Crippen LogP) is 1.59. The summed E-state index contributed by atoms with van der Waals surface area (Å²) in [6.45, 7) is 2.93. The highest BCUT2D eigenvalue weighted by Gasteiger charge is 2.23. The van der Waals surface area contributed by atoms with Crippen molar-refractivity contribution in [2.24, 2.45) is 5.73 Å². The number of aromatic nitrogens is 1. The van der Waals surface area contributed by atoms with E-state index in [0.717, 1.165) is 12.8 Å². The van der Waals surface area contributed by atoms with Crippen molar-refractivity contribution in [3.8, 4) is 0 Å². The molecule has 136 valence electrons. The Balaban J connectivity index is 1.84. The number of carbonyl (C=O) groups excluding carboxylic acids is 2. The Labute approximate surface area is 149 Å². The lowest BCUT2D eigenvalue weighted by molar-refractivity contribution is 0.0796. The number of hydrogen-bond donors (Lipinski definition) is 2. The van der Waals surface area contributed by atoms with E-state index in [1.165, 1.54) is 18.5 Å². The molecule has 3 N–H and O–H groups in total. The Bertz CT molecular complexity index is 900. The smallest absolute Gasteiger partial charge is 0.349 e. The van der Waals surface area contributed by atoms with Gasteiger partial charge in [0, 0.05) is 25.3 Å². The van der Waals surface area contributed by atoms with Crippen molar-refractivity contribution < 1.29 is 18.7 Å². The summed E-state index contributed by atoms with van der Waals surface area (Å²) in [7, 11) is 0. The summed E-state index contributed by atoms with van der Waals surface area (Å²) in [5, 5.41) is 2.54. The van der Waals surface area contributed by atoms with Crippen LogP contribution in [0, 0.1) is 6.92 Å². The van der Waals surface area contributed by atoms with Crippen LogP contribution >= 0.6 is 0 Å². The van der Waals surface area contributed by atoms with Gasteiger partial charge >= 0.3 is 5.63 Å². The Morgan fingerprint density at radius 3 is 2.62 bits per heavy atom. The molecule has 3 heterocycles. The van der Waals surface area contributed by atoms with E-state index in [1.54, 1.807) is 13.0 Å². The molecule has 0 atom stereocenters. The van der Waals surface area contributed by atoms with Gasteiger partial charge in [-0.15, -0.1) is 0 Å². The molecule has 0 aromatic carbocycles. The molecule has 0 bridgehead atoms. The van der Waals surface area contributed by atoms with E-state index in [-0.39, 0.29) is 22.7 Å². The van der Waals surface area contributed by atoms with Gasteiger partial charge in [-0.05, 0) is 37.5 Å². The number of hydrogen-bond acceptors (Lipinski definition) is 6. The van der Waals surface area contributed by atoms with Crippen molar-refractivity contribution >= 4 is 17.5 Å². The van der Waals surface area contributed by atoms with E-state index < -0.39 is 17.4 Å². The zero-order chi connectivity index (χ0) is 18.7. The van der Waals surface area contributed by atoms with Crippen molar-refractivity contribution in [2.45, 2.75) is 25.7 Å². The topological polar surface area (TPSA) is 125 Å². The van der Waals surface area contributed by atoms with E-state index in [1.807, 2.05) is 0 Å². The number of ether oxygens (including phenoxy) is 1. The van der Waals surface area contributed by atoms with Crippen molar-refractivity contribution in [2.75, 3.05) is 18.5 Å². The number of pyridine rings is 1. The maximum absolute atomic E-state index is 12.5. The lowest BCUT2D eigenvalue weighted by Crippen LogP contribution is -2.24. The molecular weight excluding hydrogens is 338 g/mol. The fourth-order valence-electron chi connectivity index (χ4n) is 2.93. The summed E-state index contributed by atoms with van der Waals surface area (Å²) in [5.74, 6) is -0.600. The molecule has 1 aliphatic heterocycles. The van der Waals surface area contributed by atoms with Crippen LogP contribution in [0.15, 0.2) is 33.7 Å². The average Bonchev–Trinajstić information content (AvgIpc) is 2.62. The second-order valence-corrected chi connectivity index (χ2v) is 6.16. The normalized spacial score (nSPS) is 14.8. The number of nitrogens with two attached hydrogens (primary N) is 1. The molecule has 0 saturated carbocycles. The highest BCUT2D eigenvalue weighted by atomic mass is 16.5. The van der Waals surface area contributed by atoms with Crippen LogP contribution in [0.5, 0.6) is 0 Å². The summed E-state index contributed by atoms with van der Waals surface area (Å²) in [5.41, 5.74) is 5.37. The summed E-state index contributed by atoms with van der Waals surface area (Å²) in [6.07, 6.45) is 4.21. The Kier molecular flexibility index (Phi) is 5.13. The van der Waals surface area contributed by atoms with Crippen LogP contribution in [0.4, 0.5) is 5.69 Å². The minimum atomic E-state index is -0.692. The quantitative estimate of drug-likeness (QED) is 0.856. The Morgan fingerprint density at radius 2 is 1.96 bits per heavy atom. The standard InChI is InChI=1S/C18H19N3O5/c1-10-6-14(11-2-4-25-5-3-11)26-18(24)15(10)17(23)21-13-7-12(16(19)22)8-20-9-13/h6-9,11H,2-5H2,1H3,(H2,19,22)(H,21,23). The zero-order valence-corrected chi connectivity index (χ0v) is 14.3. The molecule has 2 amide bonds. The van der Waals surface area contributed by atoms with Crippen LogP contribution in [0.1, 0.15) is 50.8 Å². The highest BCUT2D eigenvalue weighted by molar-refractivity contribution is 6.05. The van der Waals surface area contributed by atoms with Crippen molar-refractivity contribution in [1.29, 1.82) is 0 Å². The lowest BCUT2D eigenvalue weighted by Gasteiger charge is -2.21. The maximum Gasteiger partial charge on any atom is 0.349 e. The van der Waals surface area contributed by atoms with Gasteiger partial charge in [0.05, 0.1) is 17.4 Å². The predicted molar refractivity (Wildman–Crippen MR) is 93.2 cm³/mol. The summed E-state index contributed by atoms with van der Waals surface area (Å²) < 4.78 is 10.7. The molecule has 1 fully saturated rings. The first kappa shape index (κ1) is 17.8. The van der Waals surface area contributed by atoms with Crippen LogP contribution in [0.3, 0.4) is 0 Å². The van der Waals surface area contributed by atoms with E-state index in [2.05, 4.69) is 10.3 Å². The first-order valence-electron chi connectivity index (χ1n) is 8.24. The molecule has 0 spiro atoms. The molecule has 8 heteroatoms. The highest BCUT2D eigenvalue weighted by Crippen LogP contribution is 2.27. The summed E-state index contributed by atoms with van der Waals surface area (Å²) in [6, 6.07) is 3.12. The molecule has 26 heavy (non-hydrogen) atoms. The van der Waals surface area contributed by atoms with Gasteiger partial charge in [0.1, 0.15) is 11.3 Å². The zero-order valence-electron chi connectivity index (χ0n) is 14.3. The van der Waals surface area contributed by atoms with Gasteiger partial charge in [0.2, 0.25) is 5.91 Å². The maximum atomic E-state index is 12.5. The van der Waals surface area contributed by atoms with Gasteiger partial charge < -0.3 is 20.2 Å². The number of carbonyl (C=O) groups is 2. The van der Waals surface area contributed by atoms with E-state index >= 15 is 0 Å². The molecule has 2 aromatic rings. The van der Waals surface area contributed by atoms with Crippen LogP contribution in [-0.2, 0) is 4.74 Å². The number of anilines is 1. The van der Waals surface area contributed by atoms with Gasteiger partial charge in [-0.3, -0.25) is 14.6 Å². The number of primary amides is 1. The third-order valence-electron chi connectivity index (χ3n) is 4.30. The van der Waals surface area contributed by atoms with E-state index in [9.17, 15) is 14.4 Å². The third-order valence-corrected chi connectivity index (χ3v) is 4.30. The molecule has 1 saturated heterocycles. The molecule has 0 unspecified atom stereocenters. The van der Waals surface area contributed by atoms with Gasteiger partial charge in [0.15, 0.2) is 0 Å². The van der Waals surface area contributed by atoms with Gasteiger partial charge in [-0.1, -0.05) is 0 Å². The largest absolute Gasteiger partial charge is 0.427 e. The summed E-state index contributed by atoms with van der Waals surface area (Å²) in [4.78, 5) is 39.9. The number of amides is 2. The van der Waals surface area contributed by atoms with Crippen LogP contribution in [0.25, 0.3) is 0 Å². The number of nitrogens with zero attached hydrogens (tertiary/aromatic N) is 1. The fraction of sp³-hybridized carbons (Fsp3) is 0.333. The van der Waals surface area contributed by atoms with Gasteiger partial charge in [0.25, 0.3) is 5.91 Å². The monoisotopic (exact) mass is 357 g/mol. The molecular formula is C18H19N3O5. The van der Waals surface area contributed by atoms with Gasteiger partial charge in [-0.25, -0.2) is 4.79 Å². The summed E-state index contributed by atoms with van der Waals surface area (Å²) >= 11 is 0. The lowest BCUT2D eigenvalue weighted by atomic mass is 9.95. The second-order valence-electron chi connectivity index (χ2n) is 6.16. The Hall–Kier alpha value is -3.00. The number of aryl methyl sites for hydroxylation is 1. The van der Waals surface area contributed by atoms with Gasteiger partial charge in [-0.2, -0.15) is 0 Å². The van der Waals surface area contributed by atoms with Crippen LogP contribution in [-0.4, -0.2) is 30.0 Å². The molecule has 0 aliphatic carbocycles.